The molecule has 1 saturated heterocycles. The van der Waals surface area contributed by atoms with E-state index in [1.165, 1.54) is 13.2 Å². The third-order valence-corrected chi connectivity index (χ3v) is 3.39. The Labute approximate surface area is 116 Å². The fourth-order valence-electron chi connectivity index (χ4n) is 2.25. The number of anilines is 1. The van der Waals surface area contributed by atoms with Crippen LogP contribution in [0.25, 0.3) is 10.8 Å². The molecule has 5 heteroatoms. The number of benzene rings is 2. The van der Waals surface area contributed by atoms with Gasteiger partial charge in [-0.15, -0.1) is 0 Å². The van der Waals surface area contributed by atoms with Crippen LogP contribution >= 0.6 is 0 Å². The van der Waals surface area contributed by atoms with Gasteiger partial charge in [-0.1, -0.05) is 12.1 Å². The molecule has 5 nitrogen and oxygen atoms in total. The number of rotatable bonds is 3. The fourth-order valence-corrected chi connectivity index (χ4v) is 2.25. The van der Waals surface area contributed by atoms with Crippen LogP contribution in [0.5, 0.6) is 5.75 Å². The van der Waals surface area contributed by atoms with Crippen molar-refractivity contribution in [2.75, 3.05) is 12.4 Å². The van der Waals surface area contributed by atoms with E-state index in [-0.39, 0.29) is 18.1 Å². The van der Waals surface area contributed by atoms with Gasteiger partial charge < -0.3 is 19.9 Å². The third kappa shape index (κ3) is 2.16. The first-order valence-electron chi connectivity index (χ1n) is 6.36. The van der Waals surface area contributed by atoms with Crippen molar-refractivity contribution in [3.05, 3.63) is 35.9 Å². The number of aromatic hydroxyl groups is 1. The minimum absolute atomic E-state index is 0.0275. The van der Waals surface area contributed by atoms with Gasteiger partial charge in [-0.25, -0.2) is 4.79 Å². The van der Waals surface area contributed by atoms with E-state index in [0.717, 1.165) is 11.1 Å². The molecule has 0 saturated carbocycles. The first-order valence-corrected chi connectivity index (χ1v) is 6.36. The summed E-state index contributed by atoms with van der Waals surface area (Å²) < 4.78 is 10.00. The molecule has 2 unspecified atom stereocenters. The summed E-state index contributed by atoms with van der Waals surface area (Å²) in [6.45, 7) is 1.97. The van der Waals surface area contributed by atoms with Crippen molar-refractivity contribution in [2.24, 2.45) is 0 Å². The minimum atomic E-state index is -0.472. The molecule has 1 heterocycles. The molecule has 3 rings (SSSR count). The molecule has 104 valence electrons. The number of fused-ring (bicyclic) bond motifs is 1. The van der Waals surface area contributed by atoms with Crippen LogP contribution in [0.3, 0.4) is 0 Å². The molecule has 1 aliphatic heterocycles. The highest BCUT2D eigenvalue weighted by Crippen LogP contribution is 2.35. The summed E-state index contributed by atoms with van der Waals surface area (Å²) in [5, 5.41) is 14.8. The van der Waals surface area contributed by atoms with Gasteiger partial charge in [0.15, 0.2) is 6.23 Å². The lowest BCUT2D eigenvalue weighted by molar-refractivity contribution is 0.0600. The summed E-state index contributed by atoms with van der Waals surface area (Å²) in [6, 6.07) is 8.68. The molecular weight excluding hydrogens is 258 g/mol. The van der Waals surface area contributed by atoms with Crippen LogP contribution < -0.4 is 5.32 Å². The second-order valence-electron chi connectivity index (χ2n) is 4.80. The zero-order valence-corrected chi connectivity index (χ0v) is 11.2. The van der Waals surface area contributed by atoms with Crippen molar-refractivity contribution in [1.29, 1.82) is 0 Å². The van der Waals surface area contributed by atoms with Gasteiger partial charge >= 0.3 is 5.97 Å². The van der Waals surface area contributed by atoms with E-state index in [1.54, 1.807) is 6.07 Å². The van der Waals surface area contributed by atoms with Gasteiger partial charge in [-0.3, -0.25) is 0 Å². The van der Waals surface area contributed by atoms with Crippen LogP contribution in [0.4, 0.5) is 5.69 Å². The smallest absolute Gasteiger partial charge is 0.338 e. The zero-order chi connectivity index (χ0) is 14.3. The second kappa shape index (κ2) is 4.68. The molecule has 1 fully saturated rings. The molecule has 0 aliphatic carbocycles. The van der Waals surface area contributed by atoms with Crippen LogP contribution in [0.1, 0.15) is 17.3 Å². The second-order valence-corrected chi connectivity index (χ2v) is 4.80. The molecule has 2 aromatic rings. The highest BCUT2D eigenvalue weighted by atomic mass is 16.6. The highest BCUT2D eigenvalue weighted by molar-refractivity contribution is 6.03. The number of hydrogen-bond acceptors (Lipinski definition) is 5. The van der Waals surface area contributed by atoms with E-state index >= 15 is 0 Å². The third-order valence-electron chi connectivity index (χ3n) is 3.39. The largest absolute Gasteiger partial charge is 0.507 e. The van der Waals surface area contributed by atoms with Gasteiger partial charge in [0.25, 0.3) is 0 Å². The van der Waals surface area contributed by atoms with Gasteiger partial charge in [0.05, 0.1) is 12.7 Å². The number of carbonyl (C=O) groups is 1. The van der Waals surface area contributed by atoms with Crippen LogP contribution in [-0.4, -0.2) is 30.5 Å². The van der Waals surface area contributed by atoms with E-state index in [9.17, 15) is 9.90 Å². The number of hydrogen-bond donors (Lipinski definition) is 2. The number of carbonyl (C=O) groups excluding carboxylic acids is 1. The Morgan fingerprint density at radius 1 is 1.40 bits per heavy atom. The molecule has 20 heavy (non-hydrogen) atoms. The van der Waals surface area contributed by atoms with Crippen molar-refractivity contribution >= 4 is 22.4 Å². The summed E-state index contributed by atoms with van der Waals surface area (Å²) in [5.41, 5.74) is 1.11. The Morgan fingerprint density at radius 3 is 2.80 bits per heavy atom. The molecule has 0 bridgehead atoms. The van der Waals surface area contributed by atoms with Crippen molar-refractivity contribution in [3.63, 3.8) is 0 Å². The predicted molar refractivity (Wildman–Crippen MR) is 74.9 cm³/mol. The summed E-state index contributed by atoms with van der Waals surface area (Å²) in [5.74, 6) is -0.431. The molecule has 0 radical (unpaired) electrons. The quantitative estimate of drug-likeness (QED) is 0.664. The molecule has 0 amide bonds. The van der Waals surface area contributed by atoms with Crippen molar-refractivity contribution in [1.82, 2.24) is 0 Å². The molecule has 2 atom stereocenters. The first-order chi connectivity index (χ1) is 9.60. The number of epoxide rings is 1. The van der Waals surface area contributed by atoms with E-state index in [0.29, 0.717) is 10.9 Å². The number of phenolic OH excluding ortho intramolecular Hbond substituents is 1. The lowest BCUT2D eigenvalue weighted by Gasteiger charge is -2.11. The average molecular weight is 273 g/mol. The Kier molecular flexibility index (Phi) is 2.99. The maximum Gasteiger partial charge on any atom is 0.338 e. The predicted octanol–water partition coefficient (Wildman–Crippen LogP) is 2.49. The van der Waals surface area contributed by atoms with Gasteiger partial charge in [-0.2, -0.15) is 0 Å². The molecule has 0 aromatic heterocycles. The first kappa shape index (κ1) is 12.7. The summed E-state index contributed by atoms with van der Waals surface area (Å²) >= 11 is 0. The average Bonchev–Trinajstić information content (AvgIpc) is 3.13. The van der Waals surface area contributed by atoms with Gasteiger partial charge in [-0.05, 0) is 30.5 Å². The fraction of sp³-hybridized carbons (Fsp3) is 0.267. The number of ether oxygens (including phenoxy) is 2. The molecule has 2 aromatic carbocycles. The lowest BCUT2D eigenvalue weighted by atomic mass is 10.0. The van der Waals surface area contributed by atoms with Crippen LogP contribution in [0.2, 0.25) is 0 Å². The molecule has 1 aliphatic rings. The summed E-state index contributed by atoms with van der Waals surface area (Å²) in [6.07, 6.45) is 0.141. The van der Waals surface area contributed by atoms with Gasteiger partial charge in [0.1, 0.15) is 11.9 Å². The van der Waals surface area contributed by atoms with E-state index in [1.807, 2.05) is 25.1 Å². The van der Waals surface area contributed by atoms with Crippen molar-refractivity contribution < 1.29 is 19.4 Å². The topological polar surface area (TPSA) is 71.1 Å². The van der Waals surface area contributed by atoms with Gasteiger partial charge in [0.2, 0.25) is 0 Å². The maximum absolute atomic E-state index is 11.6. The Morgan fingerprint density at radius 2 is 2.15 bits per heavy atom. The van der Waals surface area contributed by atoms with Gasteiger partial charge in [0, 0.05) is 11.1 Å². The minimum Gasteiger partial charge on any atom is -0.507 e. The van der Waals surface area contributed by atoms with Crippen LogP contribution in [0.15, 0.2) is 30.3 Å². The van der Waals surface area contributed by atoms with Crippen molar-refractivity contribution in [2.45, 2.75) is 19.3 Å². The standard InChI is InChI=1S/C15H15NO4/c1-8-14(20-8)16-11-5-3-4-9-6-10(15(18)19-2)7-12(17)13(9)11/h3-8,14,16-17H,1-2H3. The van der Waals surface area contributed by atoms with Crippen LogP contribution in [-0.2, 0) is 9.47 Å². The number of phenols is 1. The highest BCUT2D eigenvalue weighted by Gasteiger charge is 2.34. The van der Waals surface area contributed by atoms with Crippen molar-refractivity contribution in [3.8, 4) is 5.75 Å². The number of esters is 1. The molecular formula is C15H15NO4. The van der Waals surface area contributed by atoms with E-state index in [2.05, 4.69) is 10.1 Å². The van der Waals surface area contributed by atoms with Crippen LogP contribution in [0, 0.1) is 0 Å². The number of methoxy groups -OCH3 is 1. The lowest BCUT2D eigenvalue weighted by Crippen LogP contribution is -2.06. The van der Waals surface area contributed by atoms with E-state index < -0.39 is 5.97 Å². The summed E-state index contributed by atoms with van der Waals surface area (Å²) in [4.78, 5) is 11.6. The Balaban J connectivity index is 2.07. The SMILES string of the molecule is COC(=O)c1cc(O)c2c(NC3OC3C)cccc2c1. The summed E-state index contributed by atoms with van der Waals surface area (Å²) in [7, 11) is 1.31. The monoisotopic (exact) mass is 273 g/mol. The Bertz CT molecular complexity index is 683. The Hall–Kier alpha value is -2.27. The normalized spacial score (nSPS) is 20.7. The van der Waals surface area contributed by atoms with E-state index in [4.69, 9.17) is 4.74 Å². The zero-order valence-electron chi connectivity index (χ0n) is 11.2. The number of nitrogens with one attached hydrogen (secondary N) is 1. The maximum atomic E-state index is 11.6. The molecule has 2 N–H and O–H groups in total. The molecule has 0 spiro atoms.